The van der Waals surface area contributed by atoms with E-state index in [4.69, 9.17) is 10.8 Å². The molecular weight excluding hydrogens is 308 g/mol. The molecule has 7 nitrogen and oxygen atoms in total. The summed E-state index contributed by atoms with van der Waals surface area (Å²) in [5.41, 5.74) is 6.58. The molecule has 2 heterocycles. The molecule has 0 saturated carbocycles. The minimum atomic E-state index is -1.12. The molecule has 0 aliphatic carbocycles. The van der Waals surface area contributed by atoms with Gasteiger partial charge in [-0.15, -0.1) is 0 Å². The Hall–Kier alpha value is -1.99. The molecule has 2 rings (SSSR count). The molecule has 0 radical (unpaired) electrons. The fourth-order valence-corrected chi connectivity index (χ4v) is 2.88. The lowest BCUT2D eigenvalue weighted by atomic mass is 10.1. The summed E-state index contributed by atoms with van der Waals surface area (Å²) in [7, 11) is 0. The van der Waals surface area contributed by atoms with Gasteiger partial charge in [-0.25, -0.2) is 0 Å². The summed E-state index contributed by atoms with van der Waals surface area (Å²) in [6.45, 7) is 5.00. The second kappa shape index (κ2) is 9.34. The molecule has 7 heteroatoms. The number of carbonyl (C=O) groups is 2. The predicted molar refractivity (Wildman–Crippen MR) is 92.0 cm³/mol. The maximum Gasteiger partial charge on any atom is 0.320 e. The average Bonchev–Trinajstić information content (AvgIpc) is 2.60. The number of rotatable bonds is 9. The van der Waals surface area contributed by atoms with Gasteiger partial charge in [0.1, 0.15) is 11.8 Å². The van der Waals surface area contributed by atoms with Crippen molar-refractivity contribution in [2.75, 3.05) is 37.6 Å². The standard InChI is InChI=1S/C17H26N4O3/c18-16(17(23)24)13-15(22)3-1-2-8-20-9-11-21(12-10-20)14-4-6-19-7-5-14/h4-7,16H,1-3,8-13,18H2,(H,23,24). The average molecular weight is 334 g/mol. The number of anilines is 1. The van der Waals surface area contributed by atoms with Gasteiger partial charge >= 0.3 is 5.97 Å². The molecule has 0 bridgehead atoms. The monoisotopic (exact) mass is 334 g/mol. The topological polar surface area (TPSA) is 99.8 Å². The fraction of sp³-hybridized carbons (Fsp3) is 0.588. The number of hydrogen-bond donors (Lipinski definition) is 2. The number of carbonyl (C=O) groups excluding carboxylic acids is 1. The maximum atomic E-state index is 11.6. The fourth-order valence-electron chi connectivity index (χ4n) is 2.88. The SMILES string of the molecule is NC(CC(=O)CCCCN1CCN(c2ccncc2)CC1)C(=O)O. The van der Waals surface area contributed by atoms with Gasteiger partial charge in [0, 0.05) is 57.1 Å². The van der Waals surface area contributed by atoms with Crippen molar-refractivity contribution in [2.24, 2.45) is 5.73 Å². The van der Waals surface area contributed by atoms with Gasteiger partial charge in [0.25, 0.3) is 0 Å². The predicted octanol–water partition coefficient (Wildman–Crippen LogP) is 0.745. The van der Waals surface area contributed by atoms with Gasteiger partial charge in [0.15, 0.2) is 0 Å². The summed E-state index contributed by atoms with van der Waals surface area (Å²) in [6, 6.07) is 2.99. The number of hydrogen-bond acceptors (Lipinski definition) is 6. The molecule has 1 fully saturated rings. The van der Waals surface area contributed by atoms with Crippen LogP contribution in [0.15, 0.2) is 24.5 Å². The second-order valence-corrected chi connectivity index (χ2v) is 6.18. The van der Waals surface area contributed by atoms with Crippen LogP contribution in [0.3, 0.4) is 0 Å². The van der Waals surface area contributed by atoms with Crippen LogP contribution in [0.1, 0.15) is 25.7 Å². The second-order valence-electron chi connectivity index (χ2n) is 6.18. The number of unbranched alkanes of at least 4 members (excludes halogenated alkanes) is 1. The van der Waals surface area contributed by atoms with Gasteiger partial charge in [-0.1, -0.05) is 0 Å². The smallest absolute Gasteiger partial charge is 0.320 e. The minimum absolute atomic E-state index is 0.0626. The van der Waals surface area contributed by atoms with E-state index in [0.717, 1.165) is 45.6 Å². The number of nitrogens with zero attached hydrogens (tertiary/aromatic N) is 3. The van der Waals surface area contributed by atoms with E-state index in [1.807, 2.05) is 24.5 Å². The van der Waals surface area contributed by atoms with Gasteiger partial charge in [0.2, 0.25) is 0 Å². The minimum Gasteiger partial charge on any atom is -0.480 e. The van der Waals surface area contributed by atoms with Crippen LogP contribution >= 0.6 is 0 Å². The molecule has 0 amide bonds. The van der Waals surface area contributed by atoms with E-state index in [2.05, 4.69) is 14.8 Å². The van der Waals surface area contributed by atoms with Crippen LogP contribution in [0, 0.1) is 0 Å². The van der Waals surface area contributed by atoms with Crippen LogP contribution in [-0.4, -0.2) is 65.5 Å². The van der Waals surface area contributed by atoms with Crippen molar-refractivity contribution >= 4 is 17.4 Å². The first kappa shape index (κ1) is 18.4. The molecule has 1 saturated heterocycles. The third kappa shape index (κ3) is 5.90. The van der Waals surface area contributed by atoms with E-state index in [0.29, 0.717) is 6.42 Å². The zero-order valence-corrected chi connectivity index (χ0v) is 13.9. The molecule has 1 aromatic heterocycles. The quantitative estimate of drug-likeness (QED) is 0.643. The zero-order valence-electron chi connectivity index (χ0n) is 13.9. The van der Waals surface area contributed by atoms with Gasteiger partial charge < -0.3 is 15.7 Å². The number of piperazine rings is 1. The molecule has 1 aromatic rings. The van der Waals surface area contributed by atoms with Crippen molar-refractivity contribution in [2.45, 2.75) is 31.7 Å². The molecular formula is C17H26N4O3. The summed E-state index contributed by atoms with van der Waals surface area (Å²) in [4.78, 5) is 31.1. The van der Waals surface area contributed by atoms with Crippen molar-refractivity contribution in [1.29, 1.82) is 0 Å². The molecule has 1 aliphatic heterocycles. The summed E-state index contributed by atoms with van der Waals surface area (Å²) in [5, 5.41) is 8.69. The first-order valence-electron chi connectivity index (χ1n) is 8.43. The Morgan fingerprint density at radius 1 is 1.17 bits per heavy atom. The maximum absolute atomic E-state index is 11.6. The van der Waals surface area contributed by atoms with E-state index < -0.39 is 12.0 Å². The van der Waals surface area contributed by atoms with Crippen molar-refractivity contribution in [3.63, 3.8) is 0 Å². The molecule has 3 N–H and O–H groups in total. The Labute approximate surface area is 142 Å². The Morgan fingerprint density at radius 3 is 2.46 bits per heavy atom. The molecule has 0 aromatic carbocycles. The number of carboxylic acid groups (broad SMARTS) is 1. The number of aliphatic carboxylic acids is 1. The van der Waals surface area contributed by atoms with Gasteiger partial charge in [-0.2, -0.15) is 0 Å². The van der Waals surface area contributed by atoms with Gasteiger partial charge in [0.05, 0.1) is 0 Å². The zero-order chi connectivity index (χ0) is 17.4. The molecule has 1 unspecified atom stereocenters. The number of pyridine rings is 1. The van der Waals surface area contributed by atoms with Crippen LogP contribution in [0.25, 0.3) is 0 Å². The van der Waals surface area contributed by atoms with E-state index in [1.165, 1.54) is 5.69 Å². The summed E-state index contributed by atoms with van der Waals surface area (Å²) >= 11 is 0. The van der Waals surface area contributed by atoms with Crippen LogP contribution in [0.2, 0.25) is 0 Å². The third-order valence-corrected chi connectivity index (χ3v) is 4.34. The molecule has 1 aliphatic rings. The molecule has 132 valence electrons. The largest absolute Gasteiger partial charge is 0.480 e. The lowest BCUT2D eigenvalue weighted by Gasteiger charge is -2.36. The number of ketones is 1. The molecule has 1 atom stereocenters. The Kier molecular flexibility index (Phi) is 7.14. The highest BCUT2D eigenvalue weighted by atomic mass is 16.4. The van der Waals surface area contributed by atoms with Crippen LogP contribution < -0.4 is 10.6 Å². The Bertz CT molecular complexity index is 530. The van der Waals surface area contributed by atoms with Crippen molar-refractivity contribution in [3.8, 4) is 0 Å². The summed E-state index contributed by atoms with van der Waals surface area (Å²) in [6.07, 6.45) is 5.71. The highest BCUT2D eigenvalue weighted by molar-refractivity contribution is 5.85. The molecule has 24 heavy (non-hydrogen) atoms. The van der Waals surface area contributed by atoms with E-state index in [1.54, 1.807) is 0 Å². The molecule has 0 spiro atoms. The number of nitrogens with two attached hydrogens (primary N) is 1. The number of aromatic nitrogens is 1. The number of carboxylic acids is 1. The van der Waals surface area contributed by atoms with E-state index in [-0.39, 0.29) is 12.2 Å². The van der Waals surface area contributed by atoms with Crippen molar-refractivity contribution in [1.82, 2.24) is 9.88 Å². The third-order valence-electron chi connectivity index (χ3n) is 4.34. The summed E-state index contributed by atoms with van der Waals surface area (Å²) in [5.74, 6) is -1.18. The Morgan fingerprint density at radius 2 is 1.83 bits per heavy atom. The lowest BCUT2D eigenvalue weighted by Crippen LogP contribution is -2.46. The van der Waals surface area contributed by atoms with Gasteiger partial charge in [-0.3, -0.25) is 19.5 Å². The lowest BCUT2D eigenvalue weighted by molar-refractivity contribution is -0.140. The Balaban J connectivity index is 1.58. The first-order valence-corrected chi connectivity index (χ1v) is 8.43. The van der Waals surface area contributed by atoms with Crippen LogP contribution in [-0.2, 0) is 9.59 Å². The van der Waals surface area contributed by atoms with E-state index >= 15 is 0 Å². The van der Waals surface area contributed by atoms with Crippen LogP contribution in [0.5, 0.6) is 0 Å². The van der Waals surface area contributed by atoms with E-state index in [9.17, 15) is 9.59 Å². The first-order chi connectivity index (χ1) is 11.6. The normalized spacial score (nSPS) is 16.8. The van der Waals surface area contributed by atoms with Crippen LogP contribution in [0.4, 0.5) is 5.69 Å². The van der Waals surface area contributed by atoms with Crippen molar-refractivity contribution < 1.29 is 14.7 Å². The van der Waals surface area contributed by atoms with Gasteiger partial charge in [-0.05, 0) is 31.5 Å². The highest BCUT2D eigenvalue weighted by Gasteiger charge is 2.18. The number of Topliss-reactive ketones (excluding diaryl/α,β-unsaturated/α-hetero) is 1. The highest BCUT2D eigenvalue weighted by Crippen LogP contribution is 2.15. The van der Waals surface area contributed by atoms with Crippen molar-refractivity contribution in [3.05, 3.63) is 24.5 Å². The summed E-state index contributed by atoms with van der Waals surface area (Å²) < 4.78 is 0.